The minimum Gasteiger partial charge on any atom is -0.461 e. The Bertz CT molecular complexity index is 1540. The maximum absolute atomic E-state index is 14.9. The van der Waals surface area contributed by atoms with E-state index in [0.29, 0.717) is 28.2 Å². The molecule has 0 saturated carbocycles. The summed E-state index contributed by atoms with van der Waals surface area (Å²) in [6, 6.07) is 19.3. The predicted octanol–water partition coefficient (Wildman–Crippen LogP) is 8.11. The first-order valence-corrected chi connectivity index (χ1v) is 12.4. The van der Waals surface area contributed by atoms with Gasteiger partial charge in [-0.25, -0.2) is 14.0 Å². The lowest BCUT2D eigenvalue weighted by molar-refractivity contribution is -0.134. The van der Waals surface area contributed by atoms with Crippen LogP contribution in [0, 0.1) is 5.82 Å². The van der Waals surface area contributed by atoms with Crippen molar-refractivity contribution >= 4 is 36.2 Å². The average molecular weight is 553 g/mol. The first kappa shape index (κ1) is 30.1. The SMILES string of the molecule is C=C(C)C(=O)OC=COc1ccccc1C=Cc1ccc(C=Cc2ccccc2OC=COC(=O)C(=C)C)c(F)c1. The van der Waals surface area contributed by atoms with Gasteiger partial charge in [-0.2, -0.15) is 0 Å². The van der Waals surface area contributed by atoms with Crippen molar-refractivity contribution in [2.75, 3.05) is 0 Å². The van der Waals surface area contributed by atoms with E-state index in [4.69, 9.17) is 18.9 Å². The molecule has 0 heterocycles. The Labute approximate surface area is 238 Å². The number of ether oxygens (including phenoxy) is 4. The molecule has 0 N–H and O–H groups in total. The van der Waals surface area contributed by atoms with Gasteiger partial charge in [-0.1, -0.05) is 86.0 Å². The van der Waals surface area contributed by atoms with Crippen molar-refractivity contribution in [1.29, 1.82) is 0 Å². The number of benzene rings is 3. The third-order valence-electron chi connectivity index (χ3n) is 5.31. The molecule has 41 heavy (non-hydrogen) atoms. The van der Waals surface area contributed by atoms with Crippen molar-refractivity contribution < 1.29 is 32.9 Å². The third kappa shape index (κ3) is 9.67. The van der Waals surface area contributed by atoms with E-state index in [2.05, 4.69) is 13.2 Å². The minimum absolute atomic E-state index is 0.272. The Morgan fingerprint density at radius 2 is 1.10 bits per heavy atom. The van der Waals surface area contributed by atoms with Gasteiger partial charge in [0.1, 0.15) is 42.4 Å². The van der Waals surface area contributed by atoms with Gasteiger partial charge in [0.15, 0.2) is 0 Å². The predicted molar refractivity (Wildman–Crippen MR) is 158 cm³/mol. The number of carbonyl (C=O) groups excluding carboxylic acids is 2. The van der Waals surface area contributed by atoms with Gasteiger partial charge in [-0.05, 0) is 37.6 Å². The summed E-state index contributed by atoms with van der Waals surface area (Å²) in [6.07, 6.45) is 11.7. The van der Waals surface area contributed by atoms with Crippen LogP contribution >= 0.6 is 0 Å². The molecule has 0 bridgehead atoms. The Hall–Kier alpha value is -5.43. The lowest BCUT2D eigenvalue weighted by atomic mass is 10.1. The topological polar surface area (TPSA) is 71.1 Å². The number of carbonyl (C=O) groups is 2. The molecule has 3 aromatic rings. The highest BCUT2D eigenvalue weighted by atomic mass is 19.1. The summed E-state index contributed by atoms with van der Waals surface area (Å²) in [6.45, 7) is 10.1. The molecule has 0 aliphatic heterocycles. The van der Waals surface area contributed by atoms with E-state index in [1.807, 2.05) is 24.3 Å². The zero-order valence-corrected chi connectivity index (χ0v) is 22.7. The molecule has 0 spiro atoms. The quantitative estimate of drug-likeness (QED) is 0.0978. The summed E-state index contributed by atoms with van der Waals surface area (Å²) in [5, 5.41) is 0. The molecule has 0 aromatic heterocycles. The Morgan fingerprint density at radius 3 is 1.59 bits per heavy atom. The maximum atomic E-state index is 14.9. The van der Waals surface area contributed by atoms with Crippen molar-refractivity contribution in [3.63, 3.8) is 0 Å². The summed E-state index contributed by atoms with van der Waals surface area (Å²) < 4.78 is 35.8. The average Bonchev–Trinajstić information content (AvgIpc) is 2.96. The van der Waals surface area contributed by atoms with Crippen LogP contribution in [0.15, 0.2) is 116 Å². The van der Waals surface area contributed by atoms with Gasteiger partial charge in [-0.3, -0.25) is 0 Å². The Kier molecular flexibility index (Phi) is 11.2. The van der Waals surface area contributed by atoms with E-state index in [9.17, 15) is 14.0 Å². The standard InChI is InChI=1S/C34H29FO6/c1-24(2)33(36)40-21-19-38-31-11-7-5-9-28(31)16-14-26-13-15-27(30(35)23-26)17-18-29-10-6-8-12-32(29)39-20-22-41-34(37)25(3)4/h5-23H,1,3H2,2,4H3. The normalized spacial score (nSPS) is 11.3. The molecule has 0 aliphatic rings. The Morgan fingerprint density at radius 1 is 0.634 bits per heavy atom. The molecule has 3 rings (SSSR count). The molecule has 0 amide bonds. The van der Waals surface area contributed by atoms with Crippen molar-refractivity contribution in [1.82, 2.24) is 0 Å². The van der Waals surface area contributed by atoms with Crippen LogP contribution in [-0.4, -0.2) is 11.9 Å². The zero-order chi connectivity index (χ0) is 29.6. The highest BCUT2D eigenvalue weighted by Crippen LogP contribution is 2.24. The molecule has 6 nitrogen and oxygen atoms in total. The smallest absolute Gasteiger partial charge is 0.338 e. The molecule has 7 heteroatoms. The van der Waals surface area contributed by atoms with Gasteiger partial charge in [0.25, 0.3) is 0 Å². The second-order valence-corrected chi connectivity index (χ2v) is 8.67. The molecular formula is C34H29FO6. The van der Waals surface area contributed by atoms with Gasteiger partial charge < -0.3 is 18.9 Å². The molecule has 0 fully saturated rings. The van der Waals surface area contributed by atoms with Gasteiger partial charge in [0, 0.05) is 27.8 Å². The molecule has 0 saturated heterocycles. The van der Waals surface area contributed by atoms with E-state index < -0.39 is 17.8 Å². The molecule has 0 radical (unpaired) electrons. The van der Waals surface area contributed by atoms with Crippen LogP contribution in [0.4, 0.5) is 4.39 Å². The van der Waals surface area contributed by atoms with E-state index >= 15 is 0 Å². The van der Waals surface area contributed by atoms with Crippen molar-refractivity contribution in [2.24, 2.45) is 0 Å². The highest BCUT2D eigenvalue weighted by Gasteiger charge is 2.04. The molecule has 3 aromatic carbocycles. The van der Waals surface area contributed by atoms with E-state index in [1.54, 1.807) is 74.5 Å². The maximum Gasteiger partial charge on any atom is 0.338 e. The lowest BCUT2D eigenvalue weighted by Gasteiger charge is -2.06. The first-order valence-electron chi connectivity index (χ1n) is 12.4. The van der Waals surface area contributed by atoms with Gasteiger partial charge in [-0.15, -0.1) is 0 Å². The second-order valence-electron chi connectivity index (χ2n) is 8.67. The fourth-order valence-electron chi connectivity index (χ4n) is 3.18. The van der Waals surface area contributed by atoms with Gasteiger partial charge >= 0.3 is 11.9 Å². The summed E-state index contributed by atoms with van der Waals surface area (Å²) in [5.74, 6) is -0.487. The van der Waals surface area contributed by atoms with Gasteiger partial charge in [0.05, 0.1) is 0 Å². The second kappa shape index (κ2) is 15.2. The fourth-order valence-corrected chi connectivity index (χ4v) is 3.18. The largest absolute Gasteiger partial charge is 0.461 e. The van der Waals surface area contributed by atoms with Crippen molar-refractivity contribution in [2.45, 2.75) is 13.8 Å². The number of hydrogen-bond acceptors (Lipinski definition) is 6. The van der Waals surface area contributed by atoms with Gasteiger partial charge in [0.2, 0.25) is 0 Å². The number of hydrogen-bond donors (Lipinski definition) is 0. The third-order valence-corrected chi connectivity index (χ3v) is 5.31. The summed E-state index contributed by atoms with van der Waals surface area (Å²) >= 11 is 0. The van der Waals surface area contributed by atoms with Crippen LogP contribution in [0.2, 0.25) is 0 Å². The van der Waals surface area contributed by atoms with Crippen LogP contribution in [0.5, 0.6) is 11.5 Å². The number of esters is 2. The highest BCUT2D eigenvalue weighted by molar-refractivity contribution is 5.87. The van der Waals surface area contributed by atoms with E-state index in [-0.39, 0.29) is 11.1 Å². The monoisotopic (exact) mass is 552 g/mol. The molecule has 0 unspecified atom stereocenters. The van der Waals surface area contributed by atoms with Crippen molar-refractivity contribution in [3.05, 3.63) is 144 Å². The fraction of sp³-hybridized carbons (Fsp3) is 0.0588. The number of para-hydroxylation sites is 2. The minimum atomic E-state index is -0.555. The van der Waals surface area contributed by atoms with Crippen LogP contribution in [-0.2, 0) is 19.1 Å². The van der Waals surface area contributed by atoms with E-state index in [1.165, 1.54) is 18.6 Å². The first-order chi connectivity index (χ1) is 19.7. The lowest BCUT2D eigenvalue weighted by Crippen LogP contribution is -1.99. The van der Waals surface area contributed by atoms with Crippen LogP contribution in [0.1, 0.15) is 36.1 Å². The number of rotatable bonds is 12. The van der Waals surface area contributed by atoms with Crippen molar-refractivity contribution in [3.8, 4) is 11.5 Å². The zero-order valence-electron chi connectivity index (χ0n) is 22.7. The molecule has 208 valence electrons. The van der Waals surface area contributed by atoms with Crippen LogP contribution < -0.4 is 9.47 Å². The Balaban J connectivity index is 1.66. The van der Waals surface area contributed by atoms with Crippen LogP contribution in [0.3, 0.4) is 0 Å². The molecule has 0 aliphatic carbocycles. The summed E-state index contributed by atoms with van der Waals surface area (Å²) in [7, 11) is 0. The molecular weight excluding hydrogens is 523 g/mol. The number of halogens is 1. The summed E-state index contributed by atoms with van der Waals surface area (Å²) in [4.78, 5) is 22.9. The van der Waals surface area contributed by atoms with Crippen LogP contribution in [0.25, 0.3) is 24.3 Å². The van der Waals surface area contributed by atoms with E-state index in [0.717, 1.165) is 18.1 Å². The molecule has 0 atom stereocenters. The summed E-state index contributed by atoms with van der Waals surface area (Å²) in [5.41, 5.74) is 3.03.